The first-order valence-electron chi connectivity index (χ1n) is 3.59. The van der Waals surface area contributed by atoms with Crippen molar-refractivity contribution in [1.29, 1.82) is 0 Å². The van der Waals surface area contributed by atoms with Crippen molar-refractivity contribution in [2.75, 3.05) is 12.4 Å². The van der Waals surface area contributed by atoms with Gasteiger partial charge in [0.15, 0.2) is 0 Å². The van der Waals surface area contributed by atoms with E-state index >= 15 is 0 Å². The fourth-order valence-corrected chi connectivity index (χ4v) is 0.874. The Labute approximate surface area is 71.9 Å². The fourth-order valence-electron chi connectivity index (χ4n) is 0.874. The van der Waals surface area contributed by atoms with E-state index in [1.165, 1.54) is 6.33 Å². The van der Waals surface area contributed by atoms with Crippen molar-refractivity contribution in [3.8, 4) is 0 Å². The van der Waals surface area contributed by atoms with Crippen molar-refractivity contribution in [2.24, 2.45) is 0 Å². The van der Waals surface area contributed by atoms with E-state index in [4.69, 9.17) is 0 Å². The third-order valence-electron chi connectivity index (χ3n) is 1.54. The summed E-state index contributed by atoms with van der Waals surface area (Å²) in [6.07, 6.45) is 4.88. The highest BCUT2D eigenvalue weighted by Crippen LogP contribution is 2.18. The number of rotatable bonds is 3. The molecule has 62 valence electrons. The molecule has 0 atom stereocenters. The average molecular weight is 161 g/mol. The van der Waals surface area contributed by atoms with Gasteiger partial charge in [-0.2, -0.15) is 0 Å². The molecule has 0 fully saturated rings. The number of anilines is 1. The first-order valence-corrected chi connectivity index (χ1v) is 3.59. The van der Waals surface area contributed by atoms with Crippen LogP contribution in [0.4, 0.5) is 5.82 Å². The maximum absolute atomic E-state index is 4.04. The van der Waals surface area contributed by atoms with Gasteiger partial charge >= 0.3 is 0 Å². The van der Waals surface area contributed by atoms with E-state index in [2.05, 4.69) is 28.4 Å². The molecule has 0 bridgehead atoms. The van der Waals surface area contributed by atoms with Crippen molar-refractivity contribution < 1.29 is 0 Å². The molecule has 0 aliphatic heterocycles. The van der Waals surface area contributed by atoms with Crippen molar-refractivity contribution in [1.82, 2.24) is 9.97 Å². The molecule has 0 spiro atoms. The highest BCUT2D eigenvalue weighted by molar-refractivity contribution is 5.77. The summed E-state index contributed by atoms with van der Waals surface area (Å²) in [4.78, 5) is 7.94. The van der Waals surface area contributed by atoms with Gasteiger partial charge in [0.05, 0.1) is 0 Å². The predicted octanol–water partition coefficient (Wildman–Crippen LogP) is 1.72. The Hall–Kier alpha value is -1.64. The monoisotopic (exact) mass is 161 g/mol. The Balaban J connectivity index is 3.13. The summed E-state index contributed by atoms with van der Waals surface area (Å²) in [6, 6.07) is 0. The zero-order valence-electron chi connectivity index (χ0n) is 7.04. The van der Waals surface area contributed by atoms with Gasteiger partial charge in [0.25, 0.3) is 0 Å². The van der Waals surface area contributed by atoms with Gasteiger partial charge in [0.1, 0.15) is 12.1 Å². The molecular formula is C9H11N3. The van der Waals surface area contributed by atoms with Gasteiger partial charge in [0, 0.05) is 18.8 Å². The number of nitrogens with one attached hydrogen (secondary N) is 1. The molecule has 1 N–H and O–H groups in total. The van der Waals surface area contributed by atoms with Gasteiger partial charge in [-0.15, -0.1) is 0 Å². The number of aromatic nitrogens is 2. The van der Waals surface area contributed by atoms with Crippen molar-refractivity contribution >= 4 is 11.4 Å². The second-order valence-electron chi connectivity index (χ2n) is 2.26. The highest BCUT2D eigenvalue weighted by Gasteiger charge is 2.01. The standard InChI is InChI=1S/C9H11N3/c1-4-7(2)8-5-11-6-12-9(8)10-3/h4-6H,1-2H2,3H3,(H,10,11,12). The Morgan fingerprint density at radius 2 is 2.42 bits per heavy atom. The molecule has 0 amide bonds. The van der Waals surface area contributed by atoms with Crippen LogP contribution in [0.3, 0.4) is 0 Å². The van der Waals surface area contributed by atoms with Gasteiger partial charge in [-0.25, -0.2) is 9.97 Å². The topological polar surface area (TPSA) is 37.8 Å². The summed E-state index contributed by atoms with van der Waals surface area (Å²) < 4.78 is 0. The van der Waals surface area contributed by atoms with Crippen LogP contribution in [0.5, 0.6) is 0 Å². The van der Waals surface area contributed by atoms with E-state index in [-0.39, 0.29) is 0 Å². The molecule has 1 rings (SSSR count). The molecule has 0 aliphatic carbocycles. The third kappa shape index (κ3) is 1.50. The summed E-state index contributed by atoms with van der Waals surface area (Å²) in [5, 5.41) is 2.95. The van der Waals surface area contributed by atoms with Crippen LogP contribution in [0.25, 0.3) is 5.57 Å². The Bertz CT molecular complexity index is 304. The molecule has 3 nitrogen and oxygen atoms in total. The lowest BCUT2D eigenvalue weighted by Gasteiger charge is -2.05. The second kappa shape index (κ2) is 3.67. The number of hydrogen-bond donors (Lipinski definition) is 1. The molecule has 12 heavy (non-hydrogen) atoms. The van der Waals surface area contributed by atoms with Crippen LogP contribution in [0.15, 0.2) is 31.8 Å². The first-order chi connectivity index (χ1) is 5.79. The van der Waals surface area contributed by atoms with Crippen LogP contribution in [0.1, 0.15) is 5.56 Å². The maximum Gasteiger partial charge on any atom is 0.136 e. The molecule has 0 saturated heterocycles. The van der Waals surface area contributed by atoms with E-state index in [9.17, 15) is 0 Å². The minimum absolute atomic E-state index is 0.773. The van der Waals surface area contributed by atoms with Crippen LogP contribution in [-0.4, -0.2) is 17.0 Å². The molecule has 0 saturated carbocycles. The van der Waals surface area contributed by atoms with E-state index < -0.39 is 0 Å². The van der Waals surface area contributed by atoms with E-state index in [1.807, 2.05) is 7.05 Å². The number of allylic oxidation sites excluding steroid dienone is 2. The summed E-state index contributed by atoms with van der Waals surface area (Å²) >= 11 is 0. The van der Waals surface area contributed by atoms with Gasteiger partial charge in [0.2, 0.25) is 0 Å². The van der Waals surface area contributed by atoms with Crippen LogP contribution < -0.4 is 5.32 Å². The summed E-state index contributed by atoms with van der Waals surface area (Å²) in [5.74, 6) is 0.773. The first kappa shape index (κ1) is 8.46. The summed E-state index contributed by atoms with van der Waals surface area (Å²) in [5.41, 5.74) is 1.70. The van der Waals surface area contributed by atoms with E-state index in [1.54, 1.807) is 12.3 Å². The van der Waals surface area contributed by atoms with E-state index in [0.717, 1.165) is 17.0 Å². The average Bonchev–Trinajstić information content (AvgIpc) is 2.16. The summed E-state index contributed by atoms with van der Waals surface area (Å²) in [7, 11) is 1.81. The molecule has 1 heterocycles. The van der Waals surface area contributed by atoms with E-state index in [0.29, 0.717) is 0 Å². The van der Waals surface area contributed by atoms with Crippen LogP contribution in [0, 0.1) is 0 Å². The molecule has 1 aromatic rings. The molecular weight excluding hydrogens is 150 g/mol. The van der Waals surface area contributed by atoms with Gasteiger partial charge in [-0.3, -0.25) is 0 Å². The maximum atomic E-state index is 4.04. The molecule has 1 aromatic heterocycles. The number of nitrogens with zero attached hydrogens (tertiary/aromatic N) is 2. The molecule has 0 unspecified atom stereocenters. The van der Waals surface area contributed by atoms with Gasteiger partial charge in [-0.05, 0) is 5.57 Å². The lowest BCUT2D eigenvalue weighted by molar-refractivity contribution is 1.15. The minimum atomic E-state index is 0.773. The highest BCUT2D eigenvalue weighted by atomic mass is 15.0. The molecule has 3 heteroatoms. The van der Waals surface area contributed by atoms with Crippen LogP contribution in [0.2, 0.25) is 0 Å². The summed E-state index contributed by atoms with van der Waals surface area (Å²) in [6.45, 7) is 7.44. The Kier molecular flexibility index (Phi) is 2.58. The quantitative estimate of drug-likeness (QED) is 0.686. The predicted molar refractivity (Wildman–Crippen MR) is 50.8 cm³/mol. The minimum Gasteiger partial charge on any atom is -0.373 e. The molecule has 0 radical (unpaired) electrons. The van der Waals surface area contributed by atoms with Crippen molar-refractivity contribution in [2.45, 2.75) is 0 Å². The SMILES string of the molecule is C=CC(=C)c1cncnc1NC. The fraction of sp³-hybridized carbons (Fsp3) is 0.111. The lowest BCUT2D eigenvalue weighted by Crippen LogP contribution is -1.97. The van der Waals surface area contributed by atoms with Crippen molar-refractivity contribution in [3.05, 3.63) is 37.3 Å². The molecule has 0 aliphatic rings. The van der Waals surface area contributed by atoms with Gasteiger partial charge < -0.3 is 5.32 Å². The zero-order valence-corrected chi connectivity index (χ0v) is 7.04. The second-order valence-corrected chi connectivity index (χ2v) is 2.26. The smallest absolute Gasteiger partial charge is 0.136 e. The Morgan fingerprint density at radius 1 is 1.67 bits per heavy atom. The normalized spacial score (nSPS) is 9.08. The van der Waals surface area contributed by atoms with Crippen LogP contribution >= 0.6 is 0 Å². The van der Waals surface area contributed by atoms with Crippen LogP contribution in [-0.2, 0) is 0 Å². The van der Waals surface area contributed by atoms with Gasteiger partial charge in [-0.1, -0.05) is 19.2 Å². The number of hydrogen-bond acceptors (Lipinski definition) is 3. The largest absolute Gasteiger partial charge is 0.373 e. The molecule has 0 aromatic carbocycles. The van der Waals surface area contributed by atoms with Crippen molar-refractivity contribution in [3.63, 3.8) is 0 Å². The zero-order chi connectivity index (χ0) is 8.97. The lowest BCUT2D eigenvalue weighted by atomic mass is 10.1. The third-order valence-corrected chi connectivity index (χ3v) is 1.54. The Morgan fingerprint density at radius 3 is 3.00 bits per heavy atom.